The highest BCUT2D eigenvalue weighted by molar-refractivity contribution is 6.03. The molecule has 1 aromatic carbocycles. The second-order valence-electron chi connectivity index (χ2n) is 4.42. The summed E-state index contributed by atoms with van der Waals surface area (Å²) in [4.78, 5) is 11.9. The predicted octanol–water partition coefficient (Wildman–Crippen LogP) is 2.87. The van der Waals surface area contributed by atoms with Gasteiger partial charge in [-0.15, -0.1) is 0 Å². The number of benzene rings is 1. The zero-order valence-corrected chi connectivity index (χ0v) is 9.57. The molecular formula is C14H13NO2. The lowest BCUT2D eigenvalue weighted by atomic mass is 9.95. The van der Waals surface area contributed by atoms with Gasteiger partial charge in [-0.05, 0) is 30.7 Å². The summed E-state index contributed by atoms with van der Waals surface area (Å²) in [6.07, 6.45) is 2.26. The quantitative estimate of drug-likeness (QED) is 0.857. The molecule has 0 saturated heterocycles. The Morgan fingerprint density at radius 1 is 1.35 bits per heavy atom. The van der Waals surface area contributed by atoms with E-state index >= 15 is 0 Å². The molecule has 1 aromatic heterocycles. The number of aryl methyl sites for hydroxylation is 1. The molecule has 3 rings (SSSR count). The van der Waals surface area contributed by atoms with E-state index in [0.29, 0.717) is 6.42 Å². The standard InChI is InChI=1S/C14H13NO2/c1-9-4-5-13-11(7-9)12(14(16)15-13)8-10-3-2-6-17-10/h2-7,12H,8H2,1H3,(H,15,16). The van der Waals surface area contributed by atoms with Crippen LogP contribution in [0.15, 0.2) is 41.0 Å². The minimum absolute atomic E-state index is 0.0574. The summed E-state index contributed by atoms with van der Waals surface area (Å²) in [5, 5.41) is 2.91. The second-order valence-corrected chi connectivity index (χ2v) is 4.42. The van der Waals surface area contributed by atoms with E-state index in [-0.39, 0.29) is 11.8 Å². The van der Waals surface area contributed by atoms with Gasteiger partial charge in [-0.25, -0.2) is 0 Å². The van der Waals surface area contributed by atoms with Crippen molar-refractivity contribution in [2.75, 3.05) is 5.32 Å². The van der Waals surface area contributed by atoms with Crippen LogP contribution < -0.4 is 5.32 Å². The molecule has 0 fully saturated rings. The van der Waals surface area contributed by atoms with Crippen molar-refractivity contribution in [2.45, 2.75) is 19.3 Å². The predicted molar refractivity (Wildman–Crippen MR) is 65.0 cm³/mol. The zero-order valence-electron chi connectivity index (χ0n) is 9.57. The Morgan fingerprint density at radius 2 is 2.24 bits per heavy atom. The fraction of sp³-hybridized carbons (Fsp3) is 0.214. The Kier molecular flexibility index (Phi) is 2.25. The number of fused-ring (bicyclic) bond motifs is 1. The molecule has 17 heavy (non-hydrogen) atoms. The lowest BCUT2D eigenvalue weighted by Crippen LogP contribution is -2.13. The Hall–Kier alpha value is -2.03. The molecule has 1 unspecified atom stereocenters. The van der Waals surface area contributed by atoms with E-state index in [1.807, 2.05) is 31.2 Å². The lowest BCUT2D eigenvalue weighted by molar-refractivity contribution is -0.117. The van der Waals surface area contributed by atoms with Crippen LogP contribution in [0.2, 0.25) is 0 Å². The molecule has 0 radical (unpaired) electrons. The van der Waals surface area contributed by atoms with E-state index < -0.39 is 0 Å². The molecule has 1 aliphatic heterocycles. The van der Waals surface area contributed by atoms with Crippen LogP contribution in [0.1, 0.15) is 22.8 Å². The van der Waals surface area contributed by atoms with Crippen molar-refractivity contribution in [1.82, 2.24) is 0 Å². The van der Waals surface area contributed by atoms with E-state index in [0.717, 1.165) is 17.0 Å². The zero-order chi connectivity index (χ0) is 11.8. The molecule has 0 spiro atoms. The fourth-order valence-corrected chi connectivity index (χ4v) is 2.28. The van der Waals surface area contributed by atoms with Gasteiger partial charge in [-0.1, -0.05) is 17.7 Å². The second kappa shape index (κ2) is 3.77. The first-order valence-electron chi connectivity index (χ1n) is 5.68. The summed E-state index contributed by atoms with van der Waals surface area (Å²) in [5.74, 6) is 0.776. The third-order valence-electron chi connectivity index (χ3n) is 3.14. The summed E-state index contributed by atoms with van der Waals surface area (Å²) in [6, 6.07) is 9.79. The van der Waals surface area contributed by atoms with E-state index in [1.54, 1.807) is 6.26 Å². The number of hydrogen-bond acceptors (Lipinski definition) is 2. The van der Waals surface area contributed by atoms with Crippen LogP contribution in [0.3, 0.4) is 0 Å². The molecule has 0 aliphatic carbocycles. The van der Waals surface area contributed by atoms with Crippen molar-refractivity contribution in [3.63, 3.8) is 0 Å². The number of carbonyl (C=O) groups is 1. The Morgan fingerprint density at radius 3 is 3.00 bits per heavy atom. The third kappa shape index (κ3) is 1.73. The first-order valence-corrected chi connectivity index (χ1v) is 5.68. The molecule has 3 heteroatoms. The maximum Gasteiger partial charge on any atom is 0.232 e. The molecule has 2 heterocycles. The Balaban J connectivity index is 1.96. The molecular weight excluding hydrogens is 214 g/mol. The molecule has 86 valence electrons. The molecule has 0 saturated carbocycles. The minimum Gasteiger partial charge on any atom is -0.469 e. The molecule has 1 atom stereocenters. The lowest BCUT2D eigenvalue weighted by Gasteiger charge is -2.07. The number of hydrogen-bond donors (Lipinski definition) is 1. The van der Waals surface area contributed by atoms with Gasteiger partial charge in [0.1, 0.15) is 5.76 Å². The smallest absolute Gasteiger partial charge is 0.232 e. The van der Waals surface area contributed by atoms with Crippen LogP contribution in [-0.2, 0) is 11.2 Å². The van der Waals surface area contributed by atoms with Gasteiger partial charge in [0.15, 0.2) is 0 Å². The van der Waals surface area contributed by atoms with Gasteiger partial charge in [0.05, 0.1) is 12.2 Å². The van der Waals surface area contributed by atoms with Crippen LogP contribution >= 0.6 is 0 Å². The highest BCUT2D eigenvalue weighted by Crippen LogP contribution is 2.35. The number of carbonyl (C=O) groups excluding carboxylic acids is 1. The van der Waals surface area contributed by atoms with Crippen molar-refractivity contribution in [2.24, 2.45) is 0 Å². The number of rotatable bonds is 2. The molecule has 2 aromatic rings. The molecule has 1 aliphatic rings. The van der Waals surface area contributed by atoms with Gasteiger partial charge in [0.2, 0.25) is 5.91 Å². The fourth-order valence-electron chi connectivity index (χ4n) is 2.28. The van der Waals surface area contributed by atoms with Gasteiger partial charge in [0, 0.05) is 12.1 Å². The average Bonchev–Trinajstić information content (AvgIpc) is 2.90. The average molecular weight is 227 g/mol. The number of anilines is 1. The largest absolute Gasteiger partial charge is 0.469 e. The summed E-state index contributed by atoms with van der Waals surface area (Å²) in [5.41, 5.74) is 3.17. The minimum atomic E-state index is -0.129. The van der Waals surface area contributed by atoms with Crippen molar-refractivity contribution < 1.29 is 9.21 Å². The van der Waals surface area contributed by atoms with E-state index in [1.165, 1.54) is 5.56 Å². The van der Waals surface area contributed by atoms with Crippen molar-refractivity contribution in [3.05, 3.63) is 53.5 Å². The highest BCUT2D eigenvalue weighted by atomic mass is 16.3. The van der Waals surface area contributed by atoms with Gasteiger partial charge in [0.25, 0.3) is 0 Å². The monoisotopic (exact) mass is 227 g/mol. The summed E-state index contributed by atoms with van der Waals surface area (Å²) < 4.78 is 5.31. The summed E-state index contributed by atoms with van der Waals surface area (Å²) in [6.45, 7) is 2.03. The van der Waals surface area contributed by atoms with Gasteiger partial charge < -0.3 is 9.73 Å². The number of furan rings is 1. The Bertz CT molecular complexity index is 558. The van der Waals surface area contributed by atoms with Crippen LogP contribution in [0.25, 0.3) is 0 Å². The van der Waals surface area contributed by atoms with E-state index in [2.05, 4.69) is 11.4 Å². The maximum absolute atomic E-state index is 11.9. The highest BCUT2D eigenvalue weighted by Gasteiger charge is 2.31. The van der Waals surface area contributed by atoms with Crippen molar-refractivity contribution >= 4 is 11.6 Å². The van der Waals surface area contributed by atoms with Gasteiger partial charge in [-0.2, -0.15) is 0 Å². The van der Waals surface area contributed by atoms with Crippen molar-refractivity contribution in [1.29, 1.82) is 0 Å². The maximum atomic E-state index is 11.9. The van der Waals surface area contributed by atoms with E-state index in [9.17, 15) is 4.79 Å². The van der Waals surface area contributed by atoms with Crippen LogP contribution in [-0.4, -0.2) is 5.91 Å². The van der Waals surface area contributed by atoms with Gasteiger partial charge >= 0.3 is 0 Å². The first kappa shape index (κ1) is 10.1. The molecule has 3 nitrogen and oxygen atoms in total. The summed E-state index contributed by atoms with van der Waals surface area (Å²) >= 11 is 0. The molecule has 0 bridgehead atoms. The molecule has 1 N–H and O–H groups in total. The third-order valence-corrected chi connectivity index (χ3v) is 3.14. The Labute approximate surface area is 99.4 Å². The number of amides is 1. The van der Waals surface area contributed by atoms with Crippen molar-refractivity contribution in [3.8, 4) is 0 Å². The van der Waals surface area contributed by atoms with E-state index in [4.69, 9.17) is 4.42 Å². The van der Waals surface area contributed by atoms with Crippen LogP contribution in [0.4, 0.5) is 5.69 Å². The summed E-state index contributed by atoms with van der Waals surface area (Å²) in [7, 11) is 0. The SMILES string of the molecule is Cc1ccc2c(c1)C(Cc1ccco1)C(=O)N2. The topological polar surface area (TPSA) is 42.2 Å². The molecule has 1 amide bonds. The van der Waals surface area contributed by atoms with Crippen LogP contribution in [0.5, 0.6) is 0 Å². The number of nitrogens with one attached hydrogen (secondary N) is 1. The van der Waals surface area contributed by atoms with Gasteiger partial charge in [-0.3, -0.25) is 4.79 Å². The first-order chi connectivity index (χ1) is 8.24. The van der Waals surface area contributed by atoms with Crippen LogP contribution in [0, 0.1) is 6.92 Å². The normalized spacial score (nSPS) is 17.9.